The van der Waals surface area contributed by atoms with Crippen molar-refractivity contribution in [2.24, 2.45) is 5.92 Å². The number of hydrogen-bond acceptors (Lipinski definition) is 2. The van der Waals surface area contributed by atoms with Crippen molar-refractivity contribution in [3.8, 4) is 0 Å². The van der Waals surface area contributed by atoms with Crippen molar-refractivity contribution >= 4 is 29.2 Å². The van der Waals surface area contributed by atoms with E-state index in [0.29, 0.717) is 23.9 Å². The van der Waals surface area contributed by atoms with Gasteiger partial charge in [0.1, 0.15) is 0 Å². The minimum Gasteiger partial charge on any atom is -0.333 e. The average Bonchev–Trinajstić information content (AvgIpc) is 2.89. The van der Waals surface area contributed by atoms with Gasteiger partial charge < -0.3 is 15.1 Å². The average molecular weight is 336 g/mol. The van der Waals surface area contributed by atoms with Crippen LogP contribution in [-0.2, 0) is 4.79 Å². The molecule has 5 nitrogen and oxygen atoms in total. The van der Waals surface area contributed by atoms with Crippen molar-refractivity contribution < 1.29 is 9.59 Å². The number of nitrogens with zero attached hydrogens (tertiary/aromatic N) is 2. The van der Waals surface area contributed by atoms with E-state index in [9.17, 15) is 9.59 Å². The highest BCUT2D eigenvalue weighted by Crippen LogP contribution is 2.24. The van der Waals surface area contributed by atoms with Crippen molar-refractivity contribution in [2.75, 3.05) is 24.5 Å². The quantitative estimate of drug-likeness (QED) is 0.903. The Morgan fingerprint density at radius 1 is 1.22 bits per heavy atom. The minimum absolute atomic E-state index is 0.0323. The molecule has 0 unspecified atom stereocenters. The third-order valence-electron chi connectivity index (χ3n) is 4.66. The van der Waals surface area contributed by atoms with Crippen LogP contribution in [0, 0.1) is 5.92 Å². The molecule has 1 aromatic rings. The Kier molecular flexibility index (Phi) is 4.76. The molecule has 2 aliphatic heterocycles. The number of carbonyl (C=O) groups excluding carboxylic acids is 2. The summed E-state index contributed by atoms with van der Waals surface area (Å²) in [4.78, 5) is 28.1. The van der Waals surface area contributed by atoms with Crippen LogP contribution in [-0.4, -0.2) is 42.5 Å². The Hall–Kier alpha value is -1.75. The summed E-state index contributed by atoms with van der Waals surface area (Å²) in [6.45, 7) is 4.33. The van der Waals surface area contributed by atoms with Gasteiger partial charge in [0.05, 0.1) is 6.04 Å². The van der Waals surface area contributed by atoms with Crippen LogP contribution in [0.3, 0.4) is 0 Å². The molecule has 0 spiro atoms. The summed E-state index contributed by atoms with van der Waals surface area (Å²) in [5.74, 6) is 0.720. The molecule has 2 fully saturated rings. The number of rotatable bonds is 2. The van der Waals surface area contributed by atoms with Gasteiger partial charge in [0.2, 0.25) is 5.91 Å². The largest absolute Gasteiger partial charge is 0.333 e. The van der Waals surface area contributed by atoms with Gasteiger partial charge in [0.25, 0.3) is 0 Å². The van der Waals surface area contributed by atoms with Gasteiger partial charge in [-0.3, -0.25) is 4.79 Å². The standard InChI is InChI=1S/C17H22ClN3O2/c1-12-6-8-20(9-7-12)17(23)19-14-10-16(22)21(11-14)15-4-2-13(18)3-5-15/h2-5,12,14H,6-11H2,1H3,(H,19,23)/t14-/m0/s1. The van der Waals surface area contributed by atoms with Crippen LogP contribution in [0.2, 0.25) is 5.02 Å². The van der Waals surface area contributed by atoms with Gasteiger partial charge in [-0.2, -0.15) is 0 Å². The Morgan fingerprint density at radius 2 is 1.87 bits per heavy atom. The molecule has 3 amide bonds. The smallest absolute Gasteiger partial charge is 0.317 e. The first-order valence-corrected chi connectivity index (χ1v) is 8.52. The maximum absolute atomic E-state index is 12.3. The van der Waals surface area contributed by atoms with Gasteiger partial charge in [-0.25, -0.2) is 4.79 Å². The maximum Gasteiger partial charge on any atom is 0.317 e. The fraction of sp³-hybridized carbons (Fsp3) is 0.529. The predicted molar refractivity (Wildman–Crippen MR) is 90.7 cm³/mol. The Bertz CT molecular complexity index is 582. The molecule has 1 aromatic carbocycles. The highest BCUT2D eigenvalue weighted by molar-refractivity contribution is 6.30. The topological polar surface area (TPSA) is 52.7 Å². The van der Waals surface area contributed by atoms with Crippen LogP contribution in [0.25, 0.3) is 0 Å². The van der Waals surface area contributed by atoms with Crippen molar-refractivity contribution in [3.05, 3.63) is 29.3 Å². The number of carbonyl (C=O) groups is 2. The summed E-state index contributed by atoms with van der Waals surface area (Å²) in [7, 11) is 0. The Morgan fingerprint density at radius 3 is 2.52 bits per heavy atom. The summed E-state index contributed by atoms with van der Waals surface area (Å²) < 4.78 is 0. The fourth-order valence-corrected chi connectivity index (χ4v) is 3.28. The van der Waals surface area contributed by atoms with Gasteiger partial charge >= 0.3 is 6.03 Å². The SMILES string of the molecule is CC1CCN(C(=O)N[C@H]2CC(=O)N(c3ccc(Cl)cc3)C2)CC1. The van der Waals surface area contributed by atoms with E-state index in [0.717, 1.165) is 31.6 Å². The fourth-order valence-electron chi connectivity index (χ4n) is 3.15. The molecule has 3 rings (SSSR count). The molecule has 124 valence electrons. The normalized spacial score (nSPS) is 22.5. The van der Waals surface area contributed by atoms with Gasteiger partial charge in [-0.15, -0.1) is 0 Å². The Balaban J connectivity index is 1.57. The van der Waals surface area contributed by atoms with Crippen molar-refractivity contribution in [3.63, 3.8) is 0 Å². The van der Waals surface area contributed by atoms with Gasteiger partial charge in [-0.1, -0.05) is 18.5 Å². The highest BCUT2D eigenvalue weighted by Gasteiger charge is 2.32. The lowest BCUT2D eigenvalue weighted by Crippen LogP contribution is -2.48. The molecular weight excluding hydrogens is 314 g/mol. The van der Waals surface area contributed by atoms with E-state index in [1.807, 2.05) is 17.0 Å². The van der Waals surface area contributed by atoms with E-state index in [2.05, 4.69) is 12.2 Å². The number of anilines is 1. The van der Waals surface area contributed by atoms with Crippen LogP contribution in [0.4, 0.5) is 10.5 Å². The number of likely N-dealkylation sites (tertiary alicyclic amines) is 1. The molecule has 0 aromatic heterocycles. The second kappa shape index (κ2) is 6.79. The molecule has 6 heteroatoms. The molecule has 2 saturated heterocycles. The van der Waals surface area contributed by atoms with E-state index < -0.39 is 0 Å². The van der Waals surface area contributed by atoms with Crippen LogP contribution in [0.5, 0.6) is 0 Å². The van der Waals surface area contributed by atoms with Gasteiger partial charge in [0, 0.05) is 36.8 Å². The van der Waals surface area contributed by atoms with Crippen LogP contribution < -0.4 is 10.2 Å². The van der Waals surface area contributed by atoms with Crippen LogP contribution in [0.15, 0.2) is 24.3 Å². The first-order valence-electron chi connectivity index (χ1n) is 8.14. The molecule has 0 aliphatic carbocycles. The molecule has 0 saturated carbocycles. The third-order valence-corrected chi connectivity index (χ3v) is 4.91. The number of piperidine rings is 1. The lowest BCUT2D eigenvalue weighted by atomic mass is 10.00. The van der Waals surface area contributed by atoms with Gasteiger partial charge in [-0.05, 0) is 43.0 Å². The van der Waals surface area contributed by atoms with E-state index in [1.165, 1.54) is 0 Å². The van der Waals surface area contributed by atoms with E-state index in [4.69, 9.17) is 11.6 Å². The lowest BCUT2D eigenvalue weighted by molar-refractivity contribution is -0.117. The summed E-state index contributed by atoms with van der Waals surface area (Å²) in [6, 6.07) is 7.01. The minimum atomic E-state index is -0.134. The number of amides is 3. The lowest BCUT2D eigenvalue weighted by Gasteiger charge is -2.31. The number of nitrogens with one attached hydrogen (secondary N) is 1. The number of urea groups is 1. The number of hydrogen-bond donors (Lipinski definition) is 1. The zero-order valence-corrected chi connectivity index (χ0v) is 14.1. The molecule has 1 atom stereocenters. The zero-order chi connectivity index (χ0) is 16.4. The monoisotopic (exact) mass is 335 g/mol. The highest BCUT2D eigenvalue weighted by atomic mass is 35.5. The first kappa shape index (κ1) is 16.1. The molecule has 2 aliphatic rings. The Labute approximate surface area is 141 Å². The third kappa shape index (κ3) is 3.78. The molecule has 2 heterocycles. The number of halogens is 1. The molecule has 23 heavy (non-hydrogen) atoms. The summed E-state index contributed by atoms with van der Waals surface area (Å²) >= 11 is 5.88. The van der Waals surface area contributed by atoms with Crippen molar-refractivity contribution in [1.29, 1.82) is 0 Å². The van der Waals surface area contributed by atoms with Crippen LogP contribution >= 0.6 is 11.6 Å². The van der Waals surface area contributed by atoms with Crippen LogP contribution in [0.1, 0.15) is 26.2 Å². The summed E-state index contributed by atoms with van der Waals surface area (Å²) in [6.07, 6.45) is 2.44. The molecule has 1 N–H and O–H groups in total. The summed E-state index contributed by atoms with van der Waals surface area (Å²) in [5.41, 5.74) is 0.822. The van der Waals surface area contributed by atoms with E-state index in [1.54, 1.807) is 17.0 Å². The molecular formula is C17H22ClN3O2. The second-order valence-corrected chi connectivity index (χ2v) is 6.94. The molecule has 0 bridgehead atoms. The molecule has 0 radical (unpaired) electrons. The zero-order valence-electron chi connectivity index (χ0n) is 13.3. The summed E-state index contributed by atoms with van der Waals surface area (Å²) in [5, 5.41) is 3.65. The second-order valence-electron chi connectivity index (χ2n) is 6.50. The van der Waals surface area contributed by atoms with Gasteiger partial charge in [0.15, 0.2) is 0 Å². The predicted octanol–water partition coefficient (Wildman–Crippen LogP) is 2.89. The first-order chi connectivity index (χ1) is 11.0. The maximum atomic E-state index is 12.3. The van der Waals surface area contributed by atoms with Crippen molar-refractivity contribution in [1.82, 2.24) is 10.2 Å². The van der Waals surface area contributed by atoms with E-state index in [-0.39, 0.29) is 18.0 Å². The number of benzene rings is 1. The van der Waals surface area contributed by atoms with E-state index >= 15 is 0 Å². The van der Waals surface area contributed by atoms with Crippen molar-refractivity contribution in [2.45, 2.75) is 32.2 Å².